The molecular formula is C10H16N2OS. The molecule has 0 unspecified atom stereocenters. The summed E-state index contributed by atoms with van der Waals surface area (Å²) in [5.41, 5.74) is 6.14. The van der Waals surface area contributed by atoms with Crippen LogP contribution < -0.4 is 5.73 Å². The van der Waals surface area contributed by atoms with Crippen molar-refractivity contribution in [2.75, 3.05) is 0 Å². The Kier molecular flexibility index (Phi) is 3.26. The number of carbonyl (C=O) groups is 1. The van der Waals surface area contributed by atoms with Crippen LogP contribution in [0.2, 0.25) is 0 Å². The van der Waals surface area contributed by atoms with Crippen LogP contribution in [0.1, 0.15) is 59.9 Å². The second-order valence-electron chi connectivity index (χ2n) is 3.94. The average Bonchev–Trinajstić information content (AvgIpc) is 2.47. The van der Waals surface area contributed by atoms with Crippen molar-refractivity contribution in [2.45, 2.75) is 39.5 Å². The third-order valence-corrected chi connectivity index (χ3v) is 3.32. The number of thiazole rings is 1. The second-order valence-corrected chi connectivity index (χ2v) is 4.97. The molecule has 0 bridgehead atoms. The topological polar surface area (TPSA) is 56.0 Å². The molecule has 14 heavy (non-hydrogen) atoms. The third kappa shape index (κ3) is 2.12. The maximum atomic E-state index is 11.2. The van der Waals surface area contributed by atoms with Gasteiger partial charge in [-0.2, -0.15) is 0 Å². The molecule has 0 atom stereocenters. The molecule has 1 amide bonds. The minimum absolute atomic E-state index is 0.251. The predicted molar refractivity (Wildman–Crippen MR) is 58.8 cm³/mol. The normalized spacial score (nSPS) is 11.3. The number of aromatic nitrogens is 1. The van der Waals surface area contributed by atoms with E-state index in [9.17, 15) is 4.79 Å². The highest BCUT2D eigenvalue weighted by Gasteiger charge is 2.19. The number of nitrogens with two attached hydrogens (primary N) is 1. The standard InChI is InChI=1S/C10H16N2OS/c1-5(2)7-8(9(11)13)14-10(12-7)6(3)4/h5-6H,1-4H3,(H2,11,13). The molecule has 0 aromatic carbocycles. The van der Waals surface area contributed by atoms with Gasteiger partial charge in [0.15, 0.2) is 0 Å². The zero-order valence-electron chi connectivity index (χ0n) is 9.00. The van der Waals surface area contributed by atoms with Crippen LogP contribution in [0.5, 0.6) is 0 Å². The summed E-state index contributed by atoms with van der Waals surface area (Å²) in [4.78, 5) is 16.2. The first-order chi connectivity index (χ1) is 6.43. The molecule has 1 heterocycles. The lowest BCUT2D eigenvalue weighted by Gasteiger charge is -2.01. The van der Waals surface area contributed by atoms with Gasteiger partial charge in [-0.3, -0.25) is 4.79 Å². The van der Waals surface area contributed by atoms with Crippen LogP contribution in [-0.4, -0.2) is 10.9 Å². The monoisotopic (exact) mass is 212 g/mol. The van der Waals surface area contributed by atoms with Gasteiger partial charge in [-0.05, 0) is 5.92 Å². The summed E-state index contributed by atoms with van der Waals surface area (Å²) in [7, 11) is 0. The molecule has 4 heteroatoms. The first-order valence-corrected chi connectivity index (χ1v) is 5.55. The largest absolute Gasteiger partial charge is 0.365 e. The van der Waals surface area contributed by atoms with Crippen LogP contribution in [0.15, 0.2) is 0 Å². The van der Waals surface area contributed by atoms with Crippen LogP contribution in [0.4, 0.5) is 0 Å². The van der Waals surface area contributed by atoms with Crippen LogP contribution in [0.25, 0.3) is 0 Å². The first-order valence-electron chi connectivity index (χ1n) is 4.74. The SMILES string of the molecule is CC(C)c1nc(C(C)C)c(C(N)=O)s1. The summed E-state index contributed by atoms with van der Waals surface area (Å²) in [6, 6.07) is 0. The number of rotatable bonds is 3. The second kappa shape index (κ2) is 4.09. The van der Waals surface area contributed by atoms with Crippen molar-refractivity contribution in [3.05, 3.63) is 15.6 Å². The smallest absolute Gasteiger partial charge is 0.260 e. The van der Waals surface area contributed by atoms with E-state index in [1.807, 2.05) is 13.8 Å². The van der Waals surface area contributed by atoms with Gasteiger partial charge in [0, 0.05) is 5.92 Å². The minimum atomic E-state index is -0.363. The highest BCUT2D eigenvalue weighted by atomic mass is 32.1. The van der Waals surface area contributed by atoms with Gasteiger partial charge in [0.05, 0.1) is 10.7 Å². The number of nitrogens with zero attached hydrogens (tertiary/aromatic N) is 1. The van der Waals surface area contributed by atoms with Crippen molar-refractivity contribution < 1.29 is 4.79 Å². The van der Waals surface area contributed by atoms with E-state index < -0.39 is 0 Å². The Morgan fingerprint density at radius 2 is 1.86 bits per heavy atom. The van der Waals surface area contributed by atoms with Crippen molar-refractivity contribution in [3.63, 3.8) is 0 Å². The summed E-state index contributed by atoms with van der Waals surface area (Å²) < 4.78 is 0. The van der Waals surface area contributed by atoms with Crippen LogP contribution >= 0.6 is 11.3 Å². The molecule has 0 saturated heterocycles. The van der Waals surface area contributed by atoms with Crippen molar-refractivity contribution in [1.82, 2.24) is 4.98 Å². The van der Waals surface area contributed by atoms with E-state index in [1.54, 1.807) is 0 Å². The highest BCUT2D eigenvalue weighted by molar-refractivity contribution is 7.13. The molecule has 1 aromatic heterocycles. The van der Waals surface area contributed by atoms with Crippen LogP contribution in [-0.2, 0) is 0 Å². The van der Waals surface area contributed by atoms with Gasteiger partial charge in [-0.25, -0.2) is 4.98 Å². The van der Waals surface area contributed by atoms with Crippen LogP contribution in [0, 0.1) is 0 Å². The average molecular weight is 212 g/mol. The Hall–Kier alpha value is -0.900. The van der Waals surface area contributed by atoms with Crippen molar-refractivity contribution >= 4 is 17.2 Å². The first kappa shape index (κ1) is 11.2. The zero-order chi connectivity index (χ0) is 10.9. The van der Waals surface area contributed by atoms with Gasteiger partial charge in [0.25, 0.3) is 5.91 Å². The molecular weight excluding hydrogens is 196 g/mol. The van der Waals surface area contributed by atoms with Crippen LogP contribution in [0.3, 0.4) is 0 Å². The van der Waals surface area contributed by atoms with Gasteiger partial charge in [0.2, 0.25) is 0 Å². The summed E-state index contributed by atoms with van der Waals surface area (Å²) in [6.07, 6.45) is 0. The lowest BCUT2D eigenvalue weighted by atomic mass is 10.1. The minimum Gasteiger partial charge on any atom is -0.365 e. The van der Waals surface area contributed by atoms with Gasteiger partial charge in [0.1, 0.15) is 4.88 Å². The van der Waals surface area contributed by atoms with Crippen molar-refractivity contribution in [2.24, 2.45) is 5.73 Å². The fourth-order valence-electron chi connectivity index (χ4n) is 1.16. The molecule has 0 spiro atoms. The van der Waals surface area contributed by atoms with Crippen molar-refractivity contribution in [1.29, 1.82) is 0 Å². The van der Waals surface area contributed by atoms with Gasteiger partial charge < -0.3 is 5.73 Å². The number of amides is 1. The summed E-state index contributed by atoms with van der Waals surface area (Å²) in [5.74, 6) is 0.241. The number of hydrogen-bond donors (Lipinski definition) is 1. The molecule has 1 aromatic rings. The molecule has 78 valence electrons. The van der Waals surface area contributed by atoms with E-state index in [-0.39, 0.29) is 11.8 Å². The molecule has 3 nitrogen and oxygen atoms in total. The van der Waals surface area contributed by atoms with E-state index >= 15 is 0 Å². The summed E-state index contributed by atoms with van der Waals surface area (Å²) >= 11 is 1.42. The fourth-order valence-corrected chi connectivity index (χ4v) is 2.24. The molecule has 0 aliphatic rings. The molecule has 2 N–H and O–H groups in total. The number of primary amides is 1. The van der Waals surface area contributed by atoms with Gasteiger partial charge >= 0.3 is 0 Å². The Morgan fingerprint density at radius 1 is 1.29 bits per heavy atom. The molecule has 1 rings (SSSR count). The predicted octanol–water partition coefficient (Wildman–Crippen LogP) is 2.49. The highest BCUT2D eigenvalue weighted by Crippen LogP contribution is 2.28. The lowest BCUT2D eigenvalue weighted by molar-refractivity contribution is 0.100. The molecule has 0 saturated carbocycles. The number of hydrogen-bond acceptors (Lipinski definition) is 3. The van der Waals surface area contributed by atoms with E-state index in [0.717, 1.165) is 10.7 Å². The maximum Gasteiger partial charge on any atom is 0.260 e. The van der Waals surface area contributed by atoms with E-state index in [0.29, 0.717) is 10.8 Å². The fraction of sp³-hybridized carbons (Fsp3) is 0.600. The lowest BCUT2D eigenvalue weighted by Crippen LogP contribution is -2.12. The zero-order valence-corrected chi connectivity index (χ0v) is 9.81. The third-order valence-electron chi connectivity index (χ3n) is 1.93. The van der Waals surface area contributed by atoms with E-state index in [2.05, 4.69) is 18.8 Å². The quantitative estimate of drug-likeness (QED) is 0.836. The molecule has 0 aliphatic carbocycles. The number of carbonyl (C=O) groups excluding carboxylic acids is 1. The van der Waals surface area contributed by atoms with E-state index in [1.165, 1.54) is 11.3 Å². The van der Waals surface area contributed by atoms with Gasteiger partial charge in [-0.15, -0.1) is 11.3 Å². The maximum absolute atomic E-state index is 11.2. The molecule has 0 fully saturated rings. The van der Waals surface area contributed by atoms with Crippen molar-refractivity contribution in [3.8, 4) is 0 Å². The Labute approximate surface area is 88.3 Å². The Balaban J connectivity index is 3.19. The Bertz CT molecular complexity index is 342. The van der Waals surface area contributed by atoms with Gasteiger partial charge in [-0.1, -0.05) is 27.7 Å². The molecule has 0 aliphatic heterocycles. The van der Waals surface area contributed by atoms with E-state index in [4.69, 9.17) is 5.73 Å². The Morgan fingerprint density at radius 3 is 2.14 bits per heavy atom. The summed E-state index contributed by atoms with van der Waals surface area (Å²) in [5, 5.41) is 0.988. The summed E-state index contributed by atoms with van der Waals surface area (Å²) in [6.45, 7) is 8.17. The molecule has 0 radical (unpaired) electrons.